The number of carbonyl (C=O) groups is 1. The SMILES string of the molecule is Cc1cc(-c2nc(C(=O)Nc3cc4cn(C)nc4cc3N3CCC(F)CC3)co2)ccn1. The van der Waals surface area contributed by atoms with Gasteiger partial charge in [-0.15, -0.1) is 0 Å². The van der Waals surface area contributed by atoms with Crippen LogP contribution in [-0.2, 0) is 7.05 Å². The number of nitrogens with zero attached hydrogens (tertiary/aromatic N) is 5. The Bertz CT molecular complexity index is 1290. The topological polar surface area (TPSA) is 89.1 Å². The molecule has 1 amide bonds. The molecule has 1 aromatic carbocycles. The zero-order chi connectivity index (χ0) is 22.2. The van der Waals surface area contributed by atoms with Gasteiger partial charge in [-0.1, -0.05) is 0 Å². The van der Waals surface area contributed by atoms with Gasteiger partial charge in [0.2, 0.25) is 5.89 Å². The van der Waals surface area contributed by atoms with E-state index >= 15 is 0 Å². The van der Waals surface area contributed by atoms with E-state index in [9.17, 15) is 9.18 Å². The predicted octanol–water partition coefficient (Wildman–Crippen LogP) is 4.12. The Balaban J connectivity index is 1.45. The van der Waals surface area contributed by atoms with Gasteiger partial charge in [-0.25, -0.2) is 9.37 Å². The van der Waals surface area contributed by atoms with Gasteiger partial charge in [0.05, 0.1) is 16.9 Å². The zero-order valence-electron chi connectivity index (χ0n) is 17.9. The van der Waals surface area contributed by atoms with Crippen LogP contribution >= 0.6 is 0 Å². The standard InChI is InChI=1S/C23H23FN6O2/c1-14-9-15(3-6-25-14)23-27-20(13-32-23)22(31)26-19-10-16-12-29(2)28-18(16)11-21(19)30-7-4-17(24)5-8-30/h3,6,9-13,17H,4-5,7-8H2,1-2H3,(H,26,31). The second-order valence-electron chi connectivity index (χ2n) is 8.07. The van der Waals surface area contributed by atoms with Crippen LogP contribution in [0, 0.1) is 6.92 Å². The molecule has 9 heteroatoms. The molecule has 0 atom stereocenters. The molecule has 32 heavy (non-hydrogen) atoms. The predicted molar refractivity (Wildman–Crippen MR) is 119 cm³/mol. The van der Waals surface area contributed by atoms with Gasteiger partial charge in [0.15, 0.2) is 5.69 Å². The van der Waals surface area contributed by atoms with E-state index < -0.39 is 6.17 Å². The highest BCUT2D eigenvalue weighted by Gasteiger charge is 2.23. The van der Waals surface area contributed by atoms with Crippen molar-refractivity contribution in [1.82, 2.24) is 19.7 Å². The smallest absolute Gasteiger partial charge is 0.277 e. The van der Waals surface area contributed by atoms with Crippen LogP contribution in [0.4, 0.5) is 15.8 Å². The highest BCUT2D eigenvalue weighted by molar-refractivity contribution is 6.06. The first kappa shape index (κ1) is 20.2. The van der Waals surface area contributed by atoms with Crippen molar-refractivity contribution in [2.45, 2.75) is 25.9 Å². The van der Waals surface area contributed by atoms with Crippen molar-refractivity contribution in [2.24, 2.45) is 7.05 Å². The Morgan fingerprint density at radius 1 is 1.25 bits per heavy atom. The Kier molecular flexibility index (Phi) is 5.08. The minimum atomic E-state index is -0.784. The number of fused-ring (bicyclic) bond motifs is 1. The third-order valence-corrected chi connectivity index (χ3v) is 5.63. The molecule has 8 nitrogen and oxygen atoms in total. The van der Waals surface area contributed by atoms with Crippen LogP contribution in [0.3, 0.4) is 0 Å². The number of amides is 1. The van der Waals surface area contributed by atoms with E-state index in [1.165, 1.54) is 6.26 Å². The van der Waals surface area contributed by atoms with Crippen molar-refractivity contribution < 1.29 is 13.6 Å². The molecule has 1 fully saturated rings. The maximum Gasteiger partial charge on any atom is 0.277 e. The number of oxazole rings is 1. The first-order valence-electron chi connectivity index (χ1n) is 10.5. The summed E-state index contributed by atoms with van der Waals surface area (Å²) < 4.78 is 21.0. The van der Waals surface area contributed by atoms with Gasteiger partial charge in [-0.05, 0) is 44.0 Å². The van der Waals surface area contributed by atoms with Crippen molar-refractivity contribution in [2.75, 3.05) is 23.3 Å². The molecule has 0 unspecified atom stereocenters. The number of nitrogens with one attached hydrogen (secondary N) is 1. The third kappa shape index (κ3) is 3.93. The third-order valence-electron chi connectivity index (χ3n) is 5.63. The molecule has 0 radical (unpaired) electrons. The van der Waals surface area contributed by atoms with Crippen LogP contribution in [0.1, 0.15) is 29.0 Å². The molecule has 0 bridgehead atoms. The van der Waals surface area contributed by atoms with Gasteiger partial charge in [-0.3, -0.25) is 14.5 Å². The fraction of sp³-hybridized carbons (Fsp3) is 0.304. The molecule has 4 heterocycles. The summed E-state index contributed by atoms with van der Waals surface area (Å²) in [5.74, 6) is -0.0238. The lowest BCUT2D eigenvalue weighted by Gasteiger charge is -2.32. The minimum Gasteiger partial charge on any atom is -0.444 e. The van der Waals surface area contributed by atoms with Crippen LogP contribution < -0.4 is 10.2 Å². The van der Waals surface area contributed by atoms with Crippen molar-refractivity contribution in [3.05, 3.63) is 54.3 Å². The van der Waals surface area contributed by atoms with Gasteiger partial charge in [0.1, 0.15) is 12.4 Å². The number of halogens is 1. The monoisotopic (exact) mass is 434 g/mol. The van der Waals surface area contributed by atoms with E-state index in [1.54, 1.807) is 16.9 Å². The fourth-order valence-corrected chi connectivity index (χ4v) is 4.01. The number of benzene rings is 1. The largest absolute Gasteiger partial charge is 0.444 e. The Morgan fingerprint density at radius 3 is 2.84 bits per heavy atom. The number of carbonyl (C=O) groups excluding carboxylic acids is 1. The summed E-state index contributed by atoms with van der Waals surface area (Å²) in [6, 6.07) is 7.46. The number of hydrogen-bond acceptors (Lipinski definition) is 6. The zero-order valence-corrected chi connectivity index (χ0v) is 17.9. The lowest BCUT2D eigenvalue weighted by molar-refractivity contribution is 0.102. The van der Waals surface area contributed by atoms with Crippen LogP contribution in [0.15, 0.2) is 47.3 Å². The van der Waals surface area contributed by atoms with E-state index in [-0.39, 0.29) is 11.6 Å². The quantitative estimate of drug-likeness (QED) is 0.520. The summed E-state index contributed by atoms with van der Waals surface area (Å²) in [6.45, 7) is 3.04. The lowest BCUT2D eigenvalue weighted by atomic mass is 10.1. The Labute approximate surface area is 184 Å². The summed E-state index contributed by atoms with van der Waals surface area (Å²) in [6.07, 6.45) is 5.05. The van der Waals surface area contributed by atoms with Crippen LogP contribution in [-0.4, -0.2) is 44.9 Å². The molecule has 0 aliphatic carbocycles. The van der Waals surface area contributed by atoms with E-state index in [2.05, 4.69) is 25.3 Å². The van der Waals surface area contributed by atoms with Crippen molar-refractivity contribution in [1.29, 1.82) is 0 Å². The van der Waals surface area contributed by atoms with Crippen LogP contribution in [0.5, 0.6) is 0 Å². The highest BCUT2D eigenvalue weighted by atomic mass is 19.1. The van der Waals surface area contributed by atoms with Gasteiger partial charge in [0, 0.05) is 49.2 Å². The second kappa shape index (κ2) is 8.07. The van der Waals surface area contributed by atoms with Gasteiger partial charge in [0.25, 0.3) is 5.91 Å². The Hall–Kier alpha value is -3.75. The van der Waals surface area contributed by atoms with Crippen LogP contribution in [0.2, 0.25) is 0 Å². The number of aromatic nitrogens is 4. The van der Waals surface area contributed by atoms with E-state index in [1.807, 2.05) is 38.4 Å². The molecule has 1 aliphatic rings. The maximum atomic E-state index is 13.7. The van der Waals surface area contributed by atoms with Crippen molar-refractivity contribution >= 4 is 28.2 Å². The average Bonchev–Trinajstić information content (AvgIpc) is 3.40. The van der Waals surface area contributed by atoms with E-state index in [4.69, 9.17) is 4.42 Å². The number of alkyl halides is 1. The number of piperidine rings is 1. The maximum absolute atomic E-state index is 13.7. The molecule has 4 aromatic rings. The summed E-state index contributed by atoms with van der Waals surface area (Å²) in [5.41, 5.74) is 4.04. The molecule has 164 valence electrons. The molecule has 1 aliphatic heterocycles. The van der Waals surface area contributed by atoms with Gasteiger partial charge in [-0.2, -0.15) is 5.10 Å². The number of rotatable bonds is 4. The van der Waals surface area contributed by atoms with Gasteiger partial charge >= 0.3 is 0 Å². The van der Waals surface area contributed by atoms with Crippen molar-refractivity contribution in [3.8, 4) is 11.5 Å². The highest BCUT2D eigenvalue weighted by Crippen LogP contribution is 2.33. The fourth-order valence-electron chi connectivity index (χ4n) is 4.01. The summed E-state index contributed by atoms with van der Waals surface area (Å²) >= 11 is 0. The number of pyridine rings is 1. The molecule has 0 spiro atoms. The second-order valence-corrected chi connectivity index (χ2v) is 8.07. The summed E-state index contributed by atoms with van der Waals surface area (Å²) in [4.78, 5) is 23.6. The number of aryl methyl sites for hydroxylation is 2. The first-order valence-corrected chi connectivity index (χ1v) is 10.5. The lowest BCUT2D eigenvalue weighted by Crippen LogP contribution is -2.35. The van der Waals surface area contributed by atoms with E-state index in [0.29, 0.717) is 37.5 Å². The molecule has 1 saturated heterocycles. The number of hydrogen-bond donors (Lipinski definition) is 1. The molecule has 0 saturated carbocycles. The number of anilines is 2. The van der Waals surface area contributed by atoms with Crippen molar-refractivity contribution in [3.63, 3.8) is 0 Å². The Morgan fingerprint density at radius 2 is 2.06 bits per heavy atom. The molecule has 5 rings (SSSR count). The normalized spacial score (nSPS) is 14.8. The molecular weight excluding hydrogens is 411 g/mol. The molecule has 1 N–H and O–H groups in total. The summed E-state index contributed by atoms with van der Waals surface area (Å²) in [7, 11) is 1.85. The van der Waals surface area contributed by atoms with Gasteiger partial charge < -0.3 is 14.6 Å². The summed E-state index contributed by atoms with van der Waals surface area (Å²) in [5, 5.41) is 8.35. The van der Waals surface area contributed by atoms with E-state index in [0.717, 1.165) is 27.8 Å². The average molecular weight is 434 g/mol. The molecular formula is C23H23FN6O2. The first-order chi connectivity index (χ1) is 15.5. The van der Waals surface area contributed by atoms with Crippen LogP contribution in [0.25, 0.3) is 22.4 Å². The molecule has 3 aromatic heterocycles. The minimum absolute atomic E-state index is 0.175.